The lowest BCUT2D eigenvalue weighted by molar-refractivity contribution is 0.222. The van der Waals surface area contributed by atoms with Gasteiger partial charge in [0.1, 0.15) is 11.5 Å². The van der Waals surface area contributed by atoms with E-state index in [9.17, 15) is 14.2 Å². The van der Waals surface area contributed by atoms with Gasteiger partial charge in [0, 0.05) is 67.5 Å². The lowest BCUT2D eigenvalue weighted by Gasteiger charge is -2.35. The van der Waals surface area contributed by atoms with Crippen LogP contribution in [0.5, 0.6) is 11.5 Å². The van der Waals surface area contributed by atoms with Gasteiger partial charge in [0.2, 0.25) is 14.7 Å². The van der Waals surface area contributed by atoms with Crippen LogP contribution in [0.3, 0.4) is 0 Å². The van der Waals surface area contributed by atoms with Crippen LogP contribution >= 0.6 is 30.7 Å². The molecular weight excluding hydrogens is 1060 g/mol. The number of alkyl halides is 1. The van der Waals surface area contributed by atoms with Gasteiger partial charge in [-0.1, -0.05) is 120 Å². The zero-order valence-corrected chi connectivity index (χ0v) is 54.0. The van der Waals surface area contributed by atoms with Gasteiger partial charge in [-0.3, -0.25) is 9.13 Å². The van der Waals surface area contributed by atoms with Crippen molar-refractivity contribution in [1.82, 2.24) is 0 Å². The molecule has 4 atom stereocenters. The number of rotatable bonds is 24. The van der Waals surface area contributed by atoms with Crippen molar-refractivity contribution in [2.45, 2.75) is 184 Å². The number of halogens is 1. The predicted molar refractivity (Wildman–Crippen MR) is 337 cm³/mol. The highest BCUT2D eigenvalue weighted by molar-refractivity contribution is 9.09. The second kappa shape index (κ2) is 32.4. The minimum absolute atomic E-state index is 0.0178. The Morgan fingerprint density at radius 1 is 0.610 bits per heavy atom. The standard InChI is InChI=1S/C33H52NO3P.C20H32BrN.C13H21O3P/c1-8-31(38(7,35)37-9-2)24-28-12-10-14-30(23-28)36-25-27-17-20-34(21-18-27)32-22-26(3)15-16-29(32)13-11-19-33(4,5)6;1-16-7-8-18(6-5-11-20(2,3)4)19(14-16)22-12-9-17(15-21)10-13-22;1-4-13(17(3,15)16-5-2)10-11-7-6-8-12(14)9-11/h10,12,14-16,22-23,27,31H,8-9,11,13,17-21,24-25H2,1-7H3;7-8,14,17H,5-6,9-13,15H2,1-4H3;6-9,13-14H,4-5,10H2,1-3H3/t31-,38?;;13-,17?/m1.0/s1. The summed E-state index contributed by atoms with van der Waals surface area (Å²) in [6.45, 7) is 36.1. The molecule has 0 aromatic heterocycles. The molecule has 2 fully saturated rings. The third-order valence-corrected chi connectivity index (χ3v) is 21.8. The van der Waals surface area contributed by atoms with E-state index in [1.165, 1.54) is 91.7 Å². The molecular formula is C66H105BrN2O6P2. The minimum Gasteiger partial charge on any atom is -0.508 e. The SMILES string of the molecule is CCOP(C)(=O)[C@@H](CC)Cc1cccc(O)c1.CCOP(C)(=O)[C@H](CC)Cc1cccc(OCC2CCN(c3cc(C)ccc3CCCC(C)(C)C)CC2)c1.Cc1ccc(CCCC(C)(C)C)c(N2CCC(CBr)CC2)c1. The molecule has 0 radical (unpaired) electrons. The van der Waals surface area contributed by atoms with E-state index in [2.05, 4.69) is 143 Å². The second-order valence-corrected chi connectivity index (χ2v) is 31.2. The van der Waals surface area contributed by atoms with E-state index in [0.717, 1.165) is 80.8 Å². The van der Waals surface area contributed by atoms with Gasteiger partial charge >= 0.3 is 0 Å². The average Bonchev–Trinajstić information content (AvgIpc) is 3.37. The molecule has 0 aliphatic carbocycles. The molecule has 2 unspecified atom stereocenters. The number of phenols is 1. The number of hydrogen-bond acceptors (Lipinski definition) is 8. The fourth-order valence-electron chi connectivity index (χ4n) is 10.9. The Bertz CT molecular complexity index is 2430. The van der Waals surface area contributed by atoms with E-state index < -0.39 is 14.7 Å². The summed E-state index contributed by atoms with van der Waals surface area (Å²) in [6.07, 6.45) is 15.5. The van der Waals surface area contributed by atoms with Crippen molar-refractivity contribution in [2.75, 3.05) is 74.5 Å². The van der Waals surface area contributed by atoms with Gasteiger partial charge in [-0.2, -0.15) is 0 Å². The Labute approximate surface area is 478 Å². The number of anilines is 2. The van der Waals surface area contributed by atoms with Crippen molar-refractivity contribution in [2.24, 2.45) is 22.7 Å². The molecule has 2 aliphatic rings. The first-order chi connectivity index (χ1) is 36.4. The van der Waals surface area contributed by atoms with Crippen LogP contribution in [0.2, 0.25) is 0 Å². The van der Waals surface area contributed by atoms with E-state index in [-0.39, 0.29) is 17.1 Å². The summed E-state index contributed by atoms with van der Waals surface area (Å²) >= 11 is 3.65. The van der Waals surface area contributed by atoms with Gasteiger partial charge in [-0.15, -0.1) is 0 Å². The molecule has 4 aromatic carbocycles. The third kappa shape index (κ3) is 23.9. The largest absolute Gasteiger partial charge is 0.508 e. The van der Waals surface area contributed by atoms with Crippen LogP contribution in [0.1, 0.15) is 167 Å². The summed E-state index contributed by atoms with van der Waals surface area (Å²) in [6, 6.07) is 29.5. The van der Waals surface area contributed by atoms with Crippen molar-refractivity contribution >= 4 is 42.0 Å². The fourth-order valence-corrected chi connectivity index (χ4v) is 15.4. The fraction of sp³-hybridized carbons (Fsp3) is 0.636. The van der Waals surface area contributed by atoms with Crippen LogP contribution < -0.4 is 14.5 Å². The Kier molecular flexibility index (Phi) is 28.0. The van der Waals surface area contributed by atoms with Crippen molar-refractivity contribution in [1.29, 1.82) is 0 Å². The molecule has 2 aliphatic heterocycles. The Hall–Kier alpha value is -3.06. The number of aryl methyl sites for hydroxylation is 4. The highest BCUT2D eigenvalue weighted by Crippen LogP contribution is 2.51. The molecule has 0 amide bonds. The molecule has 1 N–H and O–H groups in total. The second-order valence-electron chi connectivity index (χ2n) is 24.9. The van der Waals surface area contributed by atoms with Crippen molar-refractivity contribution in [3.8, 4) is 11.5 Å². The van der Waals surface area contributed by atoms with Crippen molar-refractivity contribution in [3.63, 3.8) is 0 Å². The van der Waals surface area contributed by atoms with E-state index in [4.69, 9.17) is 13.8 Å². The van der Waals surface area contributed by atoms with Crippen LogP contribution in [0, 0.1) is 36.5 Å². The maximum absolute atomic E-state index is 13.0. The first kappa shape index (κ1) is 66.5. The van der Waals surface area contributed by atoms with Crippen LogP contribution in [-0.4, -0.2) is 81.1 Å². The van der Waals surface area contributed by atoms with Crippen LogP contribution in [0.25, 0.3) is 0 Å². The average molecular weight is 1160 g/mol. The summed E-state index contributed by atoms with van der Waals surface area (Å²) in [4.78, 5) is 5.22. The lowest BCUT2D eigenvalue weighted by Crippen LogP contribution is -2.36. The number of hydrogen-bond donors (Lipinski definition) is 1. The van der Waals surface area contributed by atoms with Crippen molar-refractivity contribution in [3.05, 3.63) is 118 Å². The molecule has 6 rings (SSSR count). The molecule has 0 spiro atoms. The summed E-state index contributed by atoms with van der Waals surface area (Å²) in [5.41, 5.74) is 11.8. The molecule has 2 heterocycles. The minimum atomic E-state index is -2.62. The molecule has 77 heavy (non-hydrogen) atoms. The predicted octanol–water partition coefficient (Wildman–Crippen LogP) is 18.6. The number of phenolic OH excluding ortho intramolecular Hbond substituents is 1. The summed E-state index contributed by atoms with van der Waals surface area (Å²) in [5.74, 6) is 2.60. The maximum atomic E-state index is 13.0. The smallest absolute Gasteiger partial charge is 0.203 e. The van der Waals surface area contributed by atoms with Crippen molar-refractivity contribution < 1.29 is 28.0 Å². The topological polar surface area (TPSA) is 88.5 Å². The lowest BCUT2D eigenvalue weighted by atomic mass is 9.88. The van der Waals surface area contributed by atoms with Crippen LogP contribution in [0.15, 0.2) is 84.9 Å². The highest BCUT2D eigenvalue weighted by Gasteiger charge is 2.29. The molecule has 0 bridgehead atoms. The quantitative estimate of drug-likeness (QED) is 0.0548. The molecule has 2 saturated heterocycles. The van der Waals surface area contributed by atoms with E-state index in [1.54, 1.807) is 37.1 Å². The zero-order valence-electron chi connectivity index (χ0n) is 50.6. The molecule has 432 valence electrons. The summed E-state index contributed by atoms with van der Waals surface area (Å²) in [5, 5.41) is 10.6. The zero-order chi connectivity index (χ0) is 56.8. The van der Waals surface area contributed by atoms with Crippen LogP contribution in [0.4, 0.5) is 11.4 Å². The summed E-state index contributed by atoms with van der Waals surface area (Å²) in [7, 11) is -5.18. The van der Waals surface area contributed by atoms with Gasteiger partial charge in [-0.25, -0.2) is 0 Å². The maximum Gasteiger partial charge on any atom is 0.203 e. The molecule has 4 aromatic rings. The Morgan fingerprint density at radius 3 is 1.44 bits per heavy atom. The van der Waals surface area contributed by atoms with E-state index in [0.29, 0.717) is 36.4 Å². The van der Waals surface area contributed by atoms with E-state index >= 15 is 0 Å². The molecule has 0 saturated carbocycles. The Morgan fingerprint density at radius 2 is 1.04 bits per heavy atom. The number of nitrogens with zero attached hydrogens (tertiary/aromatic N) is 2. The first-order valence-electron chi connectivity index (χ1n) is 29.6. The molecule has 8 nitrogen and oxygen atoms in total. The monoisotopic (exact) mass is 1160 g/mol. The number of benzene rings is 4. The van der Waals surface area contributed by atoms with E-state index in [1.807, 2.05) is 32.9 Å². The van der Waals surface area contributed by atoms with Gasteiger partial charge in [0.15, 0.2) is 0 Å². The first-order valence-corrected chi connectivity index (χ1v) is 35.0. The van der Waals surface area contributed by atoms with Gasteiger partial charge in [-0.05, 0) is 210 Å². The third-order valence-electron chi connectivity index (χ3n) is 15.6. The number of piperidine rings is 2. The van der Waals surface area contributed by atoms with Crippen LogP contribution in [-0.2, 0) is 43.9 Å². The molecule has 11 heteroatoms. The highest BCUT2D eigenvalue weighted by atomic mass is 79.9. The summed E-state index contributed by atoms with van der Waals surface area (Å²) < 4.78 is 42.6. The van der Waals surface area contributed by atoms with Gasteiger partial charge < -0.3 is 28.7 Å². The normalized spacial score (nSPS) is 17.0. The van der Waals surface area contributed by atoms with Gasteiger partial charge in [0.25, 0.3) is 0 Å². The Balaban J connectivity index is 0.000000276. The van der Waals surface area contributed by atoms with Gasteiger partial charge in [0.05, 0.1) is 19.8 Å². The number of aromatic hydroxyl groups is 1. The number of ether oxygens (including phenoxy) is 1.